The lowest BCUT2D eigenvalue weighted by Crippen LogP contribution is -2.28. The Morgan fingerprint density at radius 1 is 1.31 bits per heavy atom. The number of aliphatic imine (C=N–C) groups is 1. The van der Waals surface area contributed by atoms with Gasteiger partial charge in [0.15, 0.2) is 5.17 Å². The number of amides is 2. The van der Waals surface area contributed by atoms with Crippen molar-refractivity contribution >= 4 is 45.8 Å². The number of anilines is 1. The molecule has 1 heterocycles. The van der Waals surface area contributed by atoms with Crippen molar-refractivity contribution in [2.24, 2.45) is 4.99 Å². The van der Waals surface area contributed by atoms with Gasteiger partial charge in [0.2, 0.25) is 11.8 Å². The third-order valence-corrected chi connectivity index (χ3v) is 5.49. The number of amidine groups is 1. The molecule has 0 saturated carbocycles. The van der Waals surface area contributed by atoms with Crippen LogP contribution in [0.1, 0.15) is 24.5 Å². The van der Waals surface area contributed by atoms with E-state index < -0.39 is 16.1 Å². The van der Waals surface area contributed by atoms with Crippen molar-refractivity contribution in [1.82, 2.24) is 5.32 Å². The van der Waals surface area contributed by atoms with Crippen LogP contribution in [0.25, 0.3) is 0 Å². The summed E-state index contributed by atoms with van der Waals surface area (Å²) in [5, 5.41) is 16.0. The first-order valence-electron chi connectivity index (χ1n) is 9.06. The normalized spacial score (nSPS) is 17.2. The first kappa shape index (κ1) is 20.5. The molecule has 0 unspecified atom stereocenters. The van der Waals surface area contributed by atoms with Crippen LogP contribution in [0.2, 0.25) is 0 Å². The standard InChI is InChI=1S/C20H20N4O4S/c1-3-13-7-4-6-12(2)18(13)22-20-23-19(26)16(29-20)11-17(25)21-14-8-5-9-15(10-14)24(27)28/h4-10,16H,3,11H2,1-2H3,(H,21,25)(H,22,23,26)/t16-/m1/s1. The number of nitrogens with one attached hydrogen (secondary N) is 2. The van der Waals surface area contributed by atoms with Crippen LogP contribution in [0, 0.1) is 17.0 Å². The first-order chi connectivity index (χ1) is 13.9. The molecule has 1 fully saturated rings. The van der Waals surface area contributed by atoms with Crippen LogP contribution in [0.3, 0.4) is 0 Å². The number of hydrogen-bond acceptors (Lipinski definition) is 6. The van der Waals surface area contributed by atoms with Crippen LogP contribution < -0.4 is 10.6 Å². The first-order valence-corrected chi connectivity index (χ1v) is 9.94. The van der Waals surface area contributed by atoms with E-state index in [0.717, 1.165) is 23.2 Å². The second-order valence-corrected chi connectivity index (χ2v) is 7.70. The zero-order valence-corrected chi connectivity index (χ0v) is 16.8. The van der Waals surface area contributed by atoms with Gasteiger partial charge in [-0.05, 0) is 30.5 Å². The van der Waals surface area contributed by atoms with Crippen LogP contribution in [-0.2, 0) is 16.0 Å². The second-order valence-electron chi connectivity index (χ2n) is 6.51. The molecule has 2 N–H and O–H groups in total. The molecule has 2 aromatic carbocycles. The quantitative estimate of drug-likeness (QED) is 0.554. The Balaban J connectivity index is 1.67. The van der Waals surface area contributed by atoms with E-state index >= 15 is 0 Å². The average Bonchev–Trinajstić information content (AvgIpc) is 3.02. The van der Waals surface area contributed by atoms with Gasteiger partial charge < -0.3 is 10.6 Å². The van der Waals surface area contributed by atoms with Gasteiger partial charge in [0.25, 0.3) is 5.69 Å². The molecule has 9 heteroatoms. The van der Waals surface area contributed by atoms with E-state index in [0.29, 0.717) is 10.9 Å². The molecule has 29 heavy (non-hydrogen) atoms. The Bertz CT molecular complexity index is 1010. The number of para-hydroxylation sites is 1. The molecule has 8 nitrogen and oxygen atoms in total. The number of rotatable bonds is 6. The Morgan fingerprint density at radius 3 is 2.79 bits per heavy atom. The molecule has 1 aliphatic rings. The molecular weight excluding hydrogens is 392 g/mol. The van der Waals surface area contributed by atoms with E-state index in [1.54, 1.807) is 6.07 Å². The molecule has 2 aromatic rings. The lowest BCUT2D eigenvalue weighted by molar-refractivity contribution is -0.384. The number of benzene rings is 2. The predicted octanol–water partition coefficient (Wildman–Crippen LogP) is 3.71. The van der Waals surface area contributed by atoms with Gasteiger partial charge >= 0.3 is 0 Å². The summed E-state index contributed by atoms with van der Waals surface area (Å²) in [6.07, 6.45) is 0.758. The lowest BCUT2D eigenvalue weighted by atomic mass is 10.1. The maximum Gasteiger partial charge on any atom is 0.271 e. The van der Waals surface area contributed by atoms with Crippen molar-refractivity contribution in [3.8, 4) is 0 Å². The summed E-state index contributed by atoms with van der Waals surface area (Å²) in [5.41, 5.74) is 3.13. The van der Waals surface area contributed by atoms with Gasteiger partial charge in [0.1, 0.15) is 5.25 Å². The monoisotopic (exact) mass is 412 g/mol. The molecule has 2 amide bonds. The number of carbonyl (C=O) groups is 2. The molecule has 0 aromatic heterocycles. The maximum absolute atomic E-state index is 12.3. The average molecular weight is 412 g/mol. The van der Waals surface area contributed by atoms with Gasteiger partial charge in [-0.25, -0.2) is 4.99 Å². The highest BCUT2D eigenvalue weighted by Gasteiger charge is 2.32. The van der Waals surface area contributed by atoms with Gasteiger partial charge in [-0.1, -0.05) is 43.0 Å². The zero-order chi connectivity index (χ0) is 21.0. The largest absolute Gasteiger partial charge is 0.326 e. The Morgan fingerprint density at radius 2 is 2.07 bits per heavy atom. The molecule has 1 saturated heterocycles. The smallest absolute Gasteiger partial charge is 0.271 e. The Hall–Kier alpha value is -3.20. The van der Waals surface area contributed by atoms with E-state index in [4.69, 9.17) is 0 Å². The zero-order valence-electron chi connectivity index (χ0n) is 16.0. The summed E-state index contributed by atoms with van der Waals surface area (Å²) < 4.78 is 0. The van der Waals surface area contributed by atoms with Crippen LogP contribution in [0.15, 0.2) is 47.5 Å². The predicted molar refractivity (Wildman–Crippen MR) is 114 cm³/mol. The van der Waals surface area contributed by atoms with Gasteiger partial charge in [0, 0.05) is 24.2 Å². The molecular formula is C20H20N4O4S. The second kappa shape index (κ2) is 8.87. The minimum Gasteiger partial charge on any atom is -0.326 e. The summed E-state index contributed by atoms with van der Waals surface area (Å²) in [4.78, 5) is 39.5. The highest BCUT2D eigenvalue weighted by Crippen LogP contribution is 2.29. The van der Waals surface area contributed by atoms with E-state index in [9.17, 15) is 19.7 Å². The molecule has 0 aliphatic carbocycles. The number of nitro groups is 1. The summed E-state index contributed by atoms with van der Waals surface area (Å²) in [6, 6.07) is 11.6. The summed E-state index contributed by atoms with van der Waals surface area (Å²) in [6.45, 7) is 4.00. The van der Waals surface area contributed by atoms with Crippen LogP contribution in [-0.4, -0.2) is 27.2 Å². The highest BCUT2D eigenvalue weighted by molar-refractivity contribution is 8.15. The van der Waals surface area contributed by atoms with Crippen molar-refractivity contribution in [2.45, 2.75) is 31.9 Å². The summed E-state index contributed by atoms with van der Waals surface area (Å²) in [7, 11) is 0. The summed E-state index contributed by atoms with van der Waals surface area (Å²) in [5.74, 6) is -0.681. The van der Waals surface area contributed by atoms with Gasteiger partial charge in [-0.3, -0.25) is 19.7 Å². The van der Waals surface area contributed by atoms with Gasteiger partial charge in [-0.15, -0.1) is 0 Å². The van der Waals surface area contributed by atoms with Crippen LogP contribution >= 0.6 is 11.8 Å². The molecule has 0 bridgehead atoms. The molecule has 150 valence electrons. The number of nitro benzene ring substituents is 1. The van der Waals surface area contributed by atoms with Gasteiger partial charge in [0.05, 0.1) is 10.6 Å². The number of non-ortho nitro benzene ring substituents is 1. The molecule has 0 spiro atoms. The fraction of sp³-hybridized carbons (Fsp3) is 0.250. The molecule has 1 aliphatic heterocycles. The molecule has 3 rings (SSSR count). The maximum atomic E-state index is 12.3. The van der Waals surface area contributed by atoms with E-state index in [1.807, 2.05) is 32.0 Å². The number of carbonyl (C=O) groups excluding carboxylic acids is 2. The van der Waals surface area contributed by atoms with Crippen molar-refractivity contribution in [2.75, 3.05) is 5.32 Å². The number of nitrogens with zero attached hydrogens (tertiary/aromatic N) is 2. The number of aryl methyl sites for hydroxylation is 2. The third kappa shape index (κ3) is 5.00. The van der Waals surface area contributed by atoms with Crippen molar-refractivity contribution in [3.63, 3.8) is 0 Å². The Kier molecular flexibility index (Phi) is 6.28. The minimum atomic E-state index is -0.610. The van der Waals surface area contributed by atoms with Crippen molar-refractivity contribution in [1.29, 1.82) is 0 Å². The van der Waals surface area contributed by atoms with Crippen molar-refractivity contribution < 1.29 is 14.5 Å². The van der Waals surface area contributed by atoms with Gasteiger partial charge in [-0.2, -0.15) is 0 Å². The fourth-order valence-electron chi connectivity index (χ4n) is 2.94. The molecule has 0 radical (unpaired) electrons. The van der Waals surface area contributed by atoms with E-state index in [2.05, 4.69) is 15.6 Å². The fourth-order valence-corrected chi connectivity index (χ4v) is 3.91. The molecule has 1 atom stereocenters. The van der Waals surface area contributed by atoms with E-state index in [1.165, 1.54) is 30.0 Å². The van der Waals surface area contributed by atoms with Crippen LogP contribution in [0.4, 0.5) is 17.1 Å². The highest BCUT2D eigenvalue weighted by atomic mass is 32.2. The van der Waals surface area contributed by atoms with Crippen LogP contribution in [0.5, 0.6) is 0 Å². The Labute approximate surface area is 171 Å². The van der Waals surface area contributed by atoms with Crippen molar-refractivity contribution in [3.05, 3.63) is 63.7 Å². The summed E-state index contributed by atoms with van der Waals surface area (Å²) >= 11 is 1.21. The SMILES string of the molecule is CCc1cccc(C)c1N=C1NC(=O)[C@@H](CC(=O)Nc2cccc([N+](=O)[O-])c2)S1. The van der Waals surface area contributed by atoms with E-state index in [-0.39, 0.29) is 18.0 Å². The topological polar surface area (TPSA) is 114 Å². The number of hydrogen-bond donors (Lipinski definition) is 2. The lowest BCUT2D eigenvalue weighted by Gasteiger charge is -2.08. The third-order valence-electron chi connectivity index (χ3n) is 4.40. The minimum absolute atomic E-state index is 0.0629. The number of thioether (sulfide) groups is 1.